The van der Waals surface area contributed by atoms with Crippen LogP contribution in [0.3, 0.4) is 0 Å². The summed E-state index contributed by atoms with van der Waals surface area (Å²) in [4.78, 5) is 0. The highest BCUT2D eigenvalue weighted by Gasteiger charge is 2.30. The van der Waals surface area contributed by atoms with E-state index in [-0.39, 0.29) is 0 Å². The molecule has 1 unspecified atom stereocenters. The standard InChI is InChI=1S/C9H13BO4/c1-6-7(10(11)12)4-5-8(13-2)9(6)14-3/h4-5,7,11-12H,1H2,2-3H3. The van der Waals surface area contributed by atoms with Gasteiger partial charge in [0, 0.05) is 5.82 Å². The van der Waals surface area contributed by atoms with Crippen molar-refractivity contribution in [3.8, 4) is 0 Å². The van der Waals surface area contributed by atoms with Crippen molar-refractivity contribution in [2.45, 2.75) is 5.82 Å². The van der Waals surface area contributed by atoms with E-state index in [2.05, 4.69) is 6.58 Å². The summed E-state index contributed by atoms with van der Waals surface area (Å²) in [6.45, 7) is 3.73. The van der Waals surface area contributed by atoms with E-state index in [0.717, 1.165) is 0 Å². The zero-order chi connectivity index (χ0) is 10.7. The monoisotopic (exact) mass is 196 g/mol. The Labute approximate surface area is 83.3 Å². The number of hydrogen-bond donors (Lipinski definition) is 2. The van der Waals surface area contributed by atoms with Crippen LogP contribution in [0.4, 0.5) is 0 Å². The predicted molar refractivity (Wildman–Crippen MR) is 53.3 cm³/mol. The molecule has 0 aliphatic heterocycles. The van der Waals surface area contributed by atoms with Gasteiger partial charge < -0.3 is 19.5 Å². The van der Waals surface area contributed by atoms with Gasteiger partial charge in [-0.3, -0.25) is 0 Å². The van der Waals surface area contributed by atoms with Crippen molar-refractivity contribution in [3.05, 3.63) is 35.8 Å². The van der Waals surface area contributed by atoms with Crippen LogP contribution in [0.1, 0.15) is 0 Å². The molecule has 0 heterocycles. The van der Waals surface area contributed by atoms with Crippen molar-refractivity contribution in [3.63, 3.8) is 0 Å². The Kier molecular flexibility index (Phi) is 3.38. The fraction of sp³-hybridized carbons (Fsp3) is 0.333. The first-order valence-electron chi connectivity index (χ1n) is 4.17. The van der Waals surface area contributed by atoms with Gasteiger partial charge in [0.05, 0.1) is 14.2 Å². The Morgan fingerprint density at radius 1 is 1.36 bits per heavy atom. The molecule has 76 valence electrons. The van der Waals surface area contributed by atoms with Crippen LogP contribution in [-0.4, -0.2) is 31.4 Å². The predicted octanol–water partition coefficient (Wildman–Crippen LogP) is 0.460. The molecule has 0 aromatic heterocycles. The Bertz CT molecular complexity index is 293. The summed E-state index contributed by atoms with van der Waals surface area (Å²) in [5, 5.41) is 18.1. The highest BCUT2D eigenvalue weighted by molar-refractivity contribution is 6.45. The number of methoxy groups -OCH3 is 2. The maximum absolute atomic E-state index is 9.04. The average Bonchev–Trinajstić information content (AvgIpc) is 2.16. The molecule has 1 aliphatic rings. The van der Waals surface area contributed by atoms with Crippen molar-refractivity contribution in [1.29, 1.82) is 0 Å². The summed E-state index contributed by atoms with van der Waals surface area (Å²) in [6, 6.07) is 0. The molecule has 5 heteroatoms. The van der Waals surface area contributed by atoms with Gasteiger partial charge in [0.25, 0.3) is 0 Å². The van der Waals surface area contributed by atoms with Crippen molar-refractivity contribution in [2.24, 2.45) is 0 Å². The van der Waals surface area contributed by atoms with Crippen LogP contribution >= 0.6 is 0 Å². The molecule has 0 aromatic rings. The molecule has 1 aliphatic carbocycles. The van der Waals surface area contributed by atoms with Crippen LogP contribution in [0.15, 0.2) is 35.8 Å². The third kappa shape index (κ3) is 1.83. The van der Waals surface area contributed by atoms with Gasteiger partial charge >= 0.3 is 7.12 Å². The second kappa shape index (κ2) is 4.35. The van der Waals surface area contributed by atoms with E-state index in [1.54, 1.807) is 12.2 Å². The van der Waals surface area contributed by atoms with Crippen LogP contribution in [0.25, 0.3) is 0 Å². The van der Waals surface area contributed by atoms with E-state index in [4.69, 9.17) is 19.5 Å². The van der Waals surface area contributed by atoms with Crippen LogP contribution in [-0.2, 0) is 9.47 Å². The lowest BCUT2D eigenvalue weighted by molar-refractivity contribution is 0.233. The first kappa shape index (κ1) is 10.9. The van der Waals surface area contributed by atoms with Gasteiger partial charge in [-0.05, 0) is 11.6 Å². The van der Waals surface area contributed by atoms with Crippen LogP contribution < -0.4 is 0 Å². The van der Waals surface area contributed by atoms with Gasteiger partial charge in [-0.1, -0.05) is 12.7 Å². The van der Waals surface area contributed by atoms with Crippen molar-refractivity contribution in [1.82, 2.24) is 0 Å². The number of hydrogen-bond acceptors (Lipinski definition) is 4. The van der Waals surface area contributed by atoms with Gasteiger partial charge in [-0.15, -0.1) is 0 Å². The SMILES string of the molecule is C=C1C(OC)=C(OC)C=CC1B(O)O. The fourth-order valence-electron chi connectivity index (χ4n) is 1.36. The molecule has 0 amide bonds. The molecule has 0 aromatic carbocycles. The first-order valence-corrected chi connectivity index (χ1v) is 4.17. The second-order valence-corrected chi connectivity index (χ2v) is 2.93. The van der Waals surface area contributed by atoms with Gasteiger partial charge in [-0.25, -0.2) is 0 Å². The van der Waals surface area contributed by atoms with E-state index in [0.29, 0.717) is 17.1 Å². The Morgan fingerprint density at radius 2 is 2.00 bits per heavy atom. The van der Waals surface area contributed by atoms with Crippen LogP contribution in [0, 0.1) is 0 Å². The number of ether oxygens (including phenoxy) is 2. The molecular weight excluding hydrogens is 183 g/mol. The highest BCUT2D eigenvalue weighted by atomic mass is 16.5. The molecule has 4 nitrogen and oxygen atoms in total. The first-order chi connectivity index (χ1) is 6.61. The van der Waals surface area contributed by atoms with E-state index in [1.807, 2.05) is 0 Å². The van der Waals surface area contributed by atoms with E-state index in [9.17, 15) is 0 Å². The van der Waals surface area contributed by atoms with Crippen molar-refractivity contribution >= 4 is 7.12 Å². The fourth-order valence-corrected chi connectivity index (χ4v) is 1.36. The van der Waals surface area contributed by atoms with Crippen molar-refractivity contribution < 1.29 is 19.5 Å². The Hall–Kier alpha value is -1.20. The lowest BCUT2D eigenvalue weighted by atomic mass is 9.67. The van der Waals surface area contributed by atoms with Crippen LogP contribution in [0.2, 0.25) is 5.82 Å². The normalized spacial score (nSPS) is 21.1. The molecule has 14 heavy (non-hydrogen) atoms. The molecule has 0 saturated carbocycles. The Balaban J connectivity index is 2.99. The van der Waals surface area contributed by atoms with Crippen molar-refractivity contribution in [2.75, 3.05) is 14.2 Å². The minimum atomic E-state index is -1.47. The molecule has 1 atom stereocenters. The molecule has 2 N–H and O–H groups in total. The smallest absolute Gasteiger partial charge is 0.463 e. The topological polar surface area (TPSA) is 58.9 Å². The molecule has 0 radical (unpaired) electrons. The van der Waals surface area contributed by atoms with E-state index >= 15 is 0 Å². The molecule has 0 spiro atoms. The van der Waals surface area contributed by atoms with E-state index in [1.165, 1.54) is 14.2 Å². The second-order valence-electron chi connectivity index (χ2n) is 2.93. The van der Waals surface area contributed by atoms with Gasteiger partial charge in [0.15, 0.2) is 11.5 Å². The third-order valence-corrected chi connectivity index (χ3v) is 2.12. The maximum Gasteiger partial charge on any atom is 0.463 e. The zero-order valence-corrected chi connectivity index (χ0v) is 8.23. The summed E-state index contributed by atoms with van der Waals surface area (Å²) in [6.07, 6.45) is 3.26. The molecule has 0 saturated heterocycles. The molecule has 0 fully saturated rings. The van der Waals surface area contributed by atoms with E-state index < -0.39 is 12.9 Å². The summed E-state index contributed by atoms with van der Waals surface area (Å²) in [7, 11) is 1.53. The summed E-state index contributed by atoms with van der Waals surface area (Å²) >= 11 is 0. The lowest BCUT2D eigenvalue weighted by Gasteiger charge is -2.22. The minimum absolute atomic E-state index is 0.452. The summed E-state index contributed by atoms with van der Waals surface area (Å²) in [5.74, 6) is 0.450. The quantitative estimate of drug-likeness (QED) is 0.643. The number of rotatable bonds is 3. The summed E-state index contributed by atoms with van der Waals surface area (Å²) < 4.78 is 10.1. The number of allylic oxidation sites excluding steroid dienone is 3. The van der Waals surface area contributed by atoms with Gasteiger partial charge in [0.1, 0.15) is 0 Å². The van der Waals surface area contributed by atoms with Gasteiger partial charge in [0.2, 0.25) is 0 Å². The highest BCUT2D eigenvalue weighted by Crippen LogP contribution is 2.33. The largest absolute Gasteiger partial charge is 0.493 e. The minimum Gasteiger partial charge on any atom is -0.493 e. The lowest BCUT2D eigenvalue weighted by Crippen LogP contribution is -2.23. The molecular formula is C9H13BO4. The average molecular weight is 196 g/mol. The zero-order valence-electron chi connectivity index (χ0n) is 8.23. The Morgan fingerprint density at radius 3 is 2.43 bits per heavy atom. The molecule has 1 rings (SSSR count). The third-order valence-electron chi connectivity index (χ3n) is 2.12. The maximum atomic E-state index is 9.04. The summed E-state index contributed by atoms with van der Waals surface area (Å²) in [5.41, 5.74) is 0.502. The van der Waals surface area contributed by atoms with Crippen LogP contribution in [0.5, 0.6) is 0 Å². The molecule has 0 bridgehead atoms. The van der Waals surface area contributed by atoms with Gasteiger partial charge in [-0.2, -0.15) is 0 Å².